The van der Waals surface area contributed by atoms with Crippen LogP contribution in [0.3, 0.4) is 0 Å². The van der Waals surface area contributed by atoms with Crippen LogP contribution in [0.1, 0.15) is 19.2 Å². The molecule has 0 bridgehead atoms. The Labute approximate surface area is 123 Å². The highest BCUT2D eigenvalue weighted by atomic mass is 79.9. The van der Waals surface area contributed by atoms with Gasteiger partial charge in [0.25, 0.3) is 0 Å². The fourth-order valence-corrected chi connectivity index (χ4v) is 2.19. The molecule has 2 rings (SSSR count). The van der Waals surface area contributed by atoms with Gasteiger partial charge < -0.3 is 9.52 Å². The molecule has 5 nitrogen and oxygen atoms in total. The van der Waals surface area contributed by atoms with Crippen molar-refractivity contribution in [1.82, 2.24) is 10.2 Å². The van der Waals surface area contributed by atoms with Gasteiger partial charge in [-0.25, -0.2) is 4.39 Å². The molecular formula is C13H12BrFN2O3. The molecule has 1 atom stereocenters. The largest absolute Gasteiger partial charge is 0.481 e. The highest BCUT2D eigenvalue weighted by Crippen LogP contribution is 2.28. The van der Waals surface area contributed by atoms with E-state index < -0.39 is 11.8 Å². The number of carbonyl (C=O) groups is 1. The third-order valence-electron chi connectivity index (χ3n) is 2.67. The first kappa shape index (κ1) is 14.6. The van der Waals surface area contributed by atoms with E-state index in [1.165, 1.54) is 12.1 Å². The molecule has 106 valence electrons. The number of halogens is 2. The average Bonchev–Trinajstić information content (AvgIpc) is 2.79. The quantitative estimate of drug-likeness (QED) is 0.902. The van der Waals surface area contributed by atoms with Crippen molar-refractivity contribution in [1.29, 1.82) is 0 Å². The number of rotatable bonds is 5. The van der Waals surface area contributed by atoms with E-state index >= 15 is 0 Å². The smallest absolute Gasteiger partial charge is 0.303 e. The van der Waals surface area contributed by atoms with Crippen LogP contribution < -0.4 is 0 Å². The molecule has 1 aromatic heterocycles. The molecule has 0 aliphatic heterocycles. The molecule has 0 amide bonds. The first-order valence-electron chi connectivity index (χ1n) is 5.95. The predicted octanol–water partition coefficient (Wildman–Crippen LogP) is 3.29. The van der Waals surface area contributed by atoms with Crippen LogP contribution >= 0.6 is 15.9 Å². The highest BCUT2D eigenvalue weighted by Gasteiger charge is 2.16. The fourth-order valence-electron chi connectivity index (χ4n) is 1.77. The van der Waals surface area contributed by atoms with Crippen LogP contribution in [0, 0.1) is 11.7 Å². The SMILES string of the molecule is CC(CC(=O)O)Cc1nnc(-c2cc(F)ccc2Br)o1. The van der Waals surface area contributed by atoms with Crippen LogP contribution in [0.4, 0.5) is 4.39 Å². The molecule has 0 aliphatic rings. The summed E-state index contributed by atoms with van der Waals surface area (Å²) >= 11 is 3.29. The summed E-state index contributed by atoms with van der Waals surface area (Å²) in [6.45, 7) is 1.79. The van der Waals surface area contributed by atoms with Crippen molar-refractivity contribution in [2.75, 3.05) is 0 Å². The molecule has 1 N–H and O–H groups in total. The normalized spacial score (nSPS) is 12.3. The number of nitrogens with zero attached hydrogens (tertiary/aromatic N) is 2. The minimum Gasteiger partial charge on any atom is -0.481 e. The molecule has 1 heterocycles. The van der Waals surface area contributed by atoms with Crippen LogP contribution in [0.25, 0.3) is 11.5 Å². The van der Waals surface area contributed by atoms with E-state index in [0.29, 0.717) is 22.3 Å². The summed E-state index contributed by atoms with van der Waals surface area (Å²) < 4.78 is 19.3. The number of benzene rings is 1. The van der Waals surface area contributed by atoms with Gasteiger partial charge in [-0.1, -0.05) is 6.92 Å². The van der Waals surface area contributed by atoms with Crippen molar-refractivity contribution in [3.8, 4) is 11.5 Å². The minimum atomic E-state index is -0.870. The maximum Gasteiger partial charge on any atom is 0.303 e. The van der Waals surface area contributed by atoms with Crippen LogP contribution in [-0.2, 0) is 11.2 Å². The van der Waals surface area contributed by atoms with Crippen molar-refractivity contribution >= 4 is 21.9 Å². The van der Waals surface area contributed by atoms with Gasteiger partial charge in [0.05, 0.1) is 5.56 Å². The number of carboxylic acid groups (broad SMARTS) is 1. The molecular weight excluding hydrogens is 331 g/mol. The lowest BCUT2D eigenvalue weighted by molar-refractivity contribution is -0.137. The van der Waals surface area contributed by atoms with Crippen LogP contribution in [0.2, 0.25) is 0 Å². The fraction of sp³-hybridized carbons (Fsp3) is 0.308. The summed E-state index contributed by atoms with van der Waals surface area (Å²) in [6, 6.07) is 4.17. The third-order valence-corrected chi connectivity index (χ3v) is 3.36. The highest BCUT2D eigenvalue weighted by molar-refractivity contribution is 9.10. The molecule has 20 heavy (non-hydrogen) atoms. The lowest BCUT2D eigenvalue weighted by Crippen LogP contribution is -2.07. The standard InChI is InChI=1S/C13H12BrFN2O3/c1-7(5-12(18)19)4-11-16-17-13(20-11)9-6-8(15)2-3-10(9)14/h2-3,6-7H,4-5H2,1H3,(H,18,19). The molecule has 0 spiro atoms. The third kappa shape index (κ3) is 3.63. The molecule has 0 radical (unpaired) electrons. The van der Waals surface area contributed by atoms with Gasteiger partial charge in [0.2, 0.25) is 11.8 Å². The summed E-state index contributed by atoms with van der Waals surface area (Å²) in [5.41, 5.74) is 0.467. The summed E-state index contributed by atoms with van der Waals surface area (Å²) in [6.07, 6.45) is 0.396. The molecule has 0 aliphatic carbocycles. The van der Waals surface area contributed by atoms with E-state index in [1.54, 1.807) is 13.0 Å². The Morgan fingerprint density at radius 2 is 2.25 bits per heavy atom. The summed E-state index contributed by atoms with van der Waals surface area (Å²) in [7, 11) is 0. The number of aliphatic carboxylic acids is 1. The topological polar surface area (TPSA) is 76.2 Å². The average molecular weight is 343 g/mol. The summed E-state index contributed by atoms with van der Waals surface area (Å²) in [5, 5.41) is 16.4. The molecule has 2 aromatic rings. The van der Waals surface area contributed by atoms with Crippen molar-refractivity contribution in [2.24, 2.45) is 5.92 Å². The zero-order chi connectivity index (χ0) is 14.7. The van der Waals surface area contributed by atoms with Gasteiger partial charge >= 0.3 is 5.97 Å². The zero-order valence-electron chi connectivity index (χ0n) is 10.6. The van der Waals surface area contributed by atoms with E-state index in [2.05, 4.69) is 26.1 Å². The molecule has 1 aromatic carbocycles. The van der Waals surface area contributed by atoms with Crippen molar-refractivity contribution in [3.63, 3.8) is 0 Å². The Morgan fingerprint density at radius 1 is 1.50 bits per heavy atom. The van der Waals surface area contributed by atoms with Crippen LogP contribution in [0.5, 0.6) is 0 Å². The van der Waals surface area contributed by atoms with Crippen molar-refractivity contribution in [2.45, 2.75) is 19.8 Å². The molecule has 0 fully saturated rings. The van der Waals surface area contributed by atoms with Gasteiger partial charge in [0, 0.05) is 17.3 Å². The van der Waals surface area contributed by atoms with Gasteiger partial charge in [-0.15, -0.1) is 10.2 Å². The second kappa shape index (κ2) is 6.13. The van der Waals surface area contributed by atoms with Gasteiger partial charge in [-0.05, 0) is 40.0 Å². The number of aromatic nitrogens is 2. The lowest BCUT2D eigenvalue weighted by Gasteiger charge is -2.03. The predicted molar refractivity (Wildman–Crippen MR) is 72.5 cm³/mol. The molecule has 0 saturated carbocycles. The Balaban J connectivity index is 2.16. The Morgan fingerprint density at radius 3 is 2.95 bits per heavy atom. The van der Waals surface area contributed by atoms with Crippen LogP contribution in [0.15, 0.2) is 27.1 Å². The Bertz CT molecular complexity index is 630. The van der Waals surface area contributed by atoms with Crippen LogP contribution in [-0.4, -0.2) is 21.3 Å². The lowest BCUT2D eigenvalue weighted by atomic mass is 10.0. The molecule has 1 unspecified atom stereocenters. The first-order valence-corrected chi connectivity index (χ1v) is 6.74. The number of hydrogen-bond donors (Lipinski definition) is 1. The van der Waals surface area contributed by atoms with E-state index in [1.807, 2.05) is 0 Å². The summed E-state index contributed by atoms with van der Waals surface area (Å²) in [5.74, 6) is -0.845. The van der Waals surface area contributed by atoms with E-state index in [-0.39, 0.29) is 18.2 Å². The van der Waals surface area contributed by atoms with E-state index in [4.69, 9.17) is 9.52 Å². The number of hydrogen-bond acceptors (Lipinski definition) is 4. The number of carboxylic acids is 1. The summed E-state index contributed by atoms with van der Waals surface area (Å²) in [4.78, 5) is 10.6. The van der Waals surface area contributed by atoms with E-state index in [9.17, 15) is 9.18 Å². The van der Waals surface area contributed by atoms with Crippen molar-refractivity contribution < 1.29 is 18.7 Å². The van der Waals surface area contributed by atoms with Gasteiger partial charge in [-0.3, -0.25) is 4.79 Å². The zero-order valence-corrected chi connectivity index (χ0v) is 12.2. The maximum absolute atomic E-state index is 13.2. The van der Waals surface area contributed by atoms with Crippen molar-refractivity contribution in [3.05, 3.63) is 34.4 Å². The maximum atomic E-state index is 13.2. The monoisotopic (exact) mass is 342 g/mol. The Kier molecular flexibility index (Phi) is 4.49. The second-order valence-electron chi connectivity index (χ2n) is 4.53. The van der Waals surface area contributed by atoms with Gasteiger partial charge in [0.1, 0.15) is 5.82 Å². The van der Waals surface area contributed by atoms with E-state index in [0.717, 1.165) is 0 Å². The Hall–Kier alpha value is -1.76. The minimum absolute atomic E-state index is 0.0291. The molecule has 7 heteroatoms. The second-order valence-corrected chi connectivity index (χ2v) is 5.39. The van der Waals surface area contributed by atoms with Gasteiger partial charge in [0.15, 0.2) is 0 Å². The molecule has 0 saturated heterocycles. The first-order chi connectivity index (χ1) is 9.45. The van der Waals surface area contributed by atoms with Gasteiger partial charge in [-0.2, -0.15) is 0 Å².